The third-order valence-corrected chi connectivity index (χ3v) is 5.58. The Balaban J connectivity index is 1.98. The van der Waals surface area contributed by atoms with E-state index in [0.717, 1.165) is 50.0 Å². The SMILES string of the molecule is CCCCOc1ccccc1CCCc1ccc(OS(=O)(=O)CC)c(OC)c1. The first-order chi connectivity index (χ1) is 13.5. The molecule has 0 saturated heterocycles. The summed E-state index contributed by atoms with van der Waals surface area (Å²) in [5, 5.41) is 0. The Morgan fingerprint density at radius 2 is 1.68 bits per heavy atom. The number of para-hydroxylation sites is 1. The van der Waals surface area contributed by atoms with Gasteiger partial charge in [-0.15, -0.1) is 0 Å². The summed E-state index contributed by atoms with van der Waals surface area (Å²) < 4.78 is 39.7. The predicted molar refractivity (Wildman–Crippen MR) is 112 cm³/mol. The molecule has 0 heterocycles. The van der Waals surface area contributed by atoms with Crippen LogP contribution in [0.4, 0.5) is 0 Å². The molecule has 0 fully saturated rings. The standard InChI is InChI=1S/C22H30O5S/c1-4-6-16-26-20-13-8-7-11-19(20)12-9-10-18-14-15-21(22(17-18)25-3)27-28(23,24)5-2/h7-8,11,13-15,17H,4-6,9-10,12,16H2,1-3H3. The number of ether oxygens (including phenoxy) is 2. The molecule has 2 aromatic rings. The van der Waals surface area contributed by atoms with Crippen molar-refractivity contribution < 1.29 is 22.1 Å². The number of rotatable bonds is 12. The largest absolute Gasteiger partial charge is 0.493 e. The summed E-state index contributed by atoms with van der Waals surface area (Å²) in [4.78, 5) is 0. The van der Waals surface area contributed by atoms with E-state index in [9.17, 15) is 8.42 Å². The molecule has 0 aliphatic heterocycles. The molecule has 0 radical (unpaired) electrons. The van der Waals surface area contributed by atoms with Gasteiger partial charge in [0.1, 0.15) is 5.75 Å². The van der Waals surface area contributed by atoms with Crippen molar-refractivity contribution in [2.75, 3.05) is 19.5 Å². The number of aryl methyl sites for hydroxylation is 2. The maximum atomic E-state index is 11.7. The zero-order valence-corrected chi connectivity index (χ0v) is 17.8. The topological polar surface area (TPSA) is 61.8 Å². The van der Waals surface area contributed by atoms with Gasteiger partial charge < -0.3 is 13.7 Å². The Morgan fingerprint density at radius 3 is 2.39 bits per heavy atom. The molecule has 0 amide bonds. The van der Waals surface area contributed by atoms with E-state index >= 15 is 0 Å². The average molecular weight is 407 g/mol. The molecule has 0 N–H and O–H groups in total. The minimum Gasteiger partial charge on any atom is -0.493 e. The van der Waals surface area contributed by atoms with E-state index in [-0.39, 0.29) is 11.5 Å². The van der Waals surface area contributed by atoms with Crippen LogP contribution in [-0.4, -0.2) is 27.9 Å². The number of methoxy groups -OCH3 is 1. The normalized spacial score (nSPS) is 11.2. The maximum Gasteiger partial charge on any atom is 0.309 e. The van der Waals surface area contributed by atoms with E-state index in [1.54, 1.807) is 13.0 Å². The first-order valence-electron chi connectivity index (χ1n) is 9.78. The molecular weight excluding hydrogens is 376 g/mol. The van der Waals surface area contributed by atoms with Crippen molar-refractivity contribution >= 4 is 10.1 Å². The van der Waals surface area contributed by atoms with Crippen molar-refractivity contribution in [1.82, 2.24) is 0 Å². The van der Waals surface area contributed by atoms with E-state index in [2.05, 4.69) is 13.0 Å². The lowest BCUT2D eigenvalue weighted by atomic mass is 10.0. The molecule has 28 heavy (non-hydrogen) atoms. The monoisotopic (exact) mass is 406 g/mol. The molecule has 0 spiro atoms. The van der Waals surface area contributed by atoms with Crippen molar-refractivity contribution in [1.29, 1.82) is 0 Å². The molecule has 2 aromatic carbocycles. The molecule has 0 aromatic heterocycles. The fourth-order valence-corrected chi connectivity index (χ4v) is 3.32. The number of hydrogen-bond donors (Lipinski definition) is 0. The van der Waals surface area contributed by atoms with Crippen LogP contribution in [0, 0.1) is 0 Å². The molecule has 2 rings (SSSR count). The first-order valence-corrected chi connectivity index (χ1v) is 11.4. The molecule has 0 aliphatic carbocycles. The van der Waals surface area contributed by atoms with Gasteiger partial charge in [-0.25, -0.2) is 0 Å². The lowest BCUT2D eigenvalue weighted by Crippen LogP contribution is -2.12. The summed E-state index contributed by atoms with van der Waals surface area (Å²) in [6.07, 6.45) is 4.87. The molecule has 154 valence electrons. The third kappa shape index (κ3) is 6.75. The summed E-state index contributed by atoms with van der Waals surface area (Å²) >= 11 is 0. The molecular formula is C22H30O5S. The molecule has 0 aliphatic rings. The highest BCUT2D eigenvalue weighted by molar-refractivity contribution is 7.87. The summed E-state index contributed by atoms with van der Waals surface area (Å²) in [6, 6.07) is 13.5. The van der Waals surface area contributed by atoms with Crippen LogP contribution in [0.25, 0.3) is 0 Å². The fraction of sp³-hybridized carbons (Fsp3) is 0.455. The fourth-order valence-electron chi connectivity index (χ4n) is 2.79. The van der Waals surface area contributed by atoms with Crippen LogP contribution in [0.2, 0.25) is 0 Å². The van der Waals surface area contributed by atoms with Crippen molar-refractivity contribution in [2.24, 2.45) is 0 Å². The van der Waals surface area contributed by atoms with Gasteiger partial charge in [-0.05, 0) is 61.9 Å². The highest BCUT2D eigenvalue weighted by Gasteiger charge is 2.14. The zero-order chi connectivity index (χ0) is 20.4. The number of hydrogen-bond acceptors (Lipinski definition) is 5. The van der Waals surface area contributed by atoms with Crippen LogP contribution < -0.4 is 13.7 Å². The van der Waals surface area contributed by atoms with Crippen LogP contribution in [0.5, 0.6) is 17.2 Å². The molecule has 6 heteroatoms. The van der Waals surface area contributed by atoms with Gasteiger partial charge in [0, 0.05) is 0 Å². The van der Waals surface area contributed by atoms with Gasteiger partial charge in [0.25, 0.3) is 0 Å². The number of benzene rings is 2. The lowest BCUT2D eigenvalue weighted by molar-refractivity contribution is 0.306. The highest BCUT2D eigenvalue weighted by Crippen LogP contribution is 2.30. The molecule has 0 atom stereocenters. The van der Waals surface area contributed by atoms with Gasteiger partial charge in [0.15, 0.2) is 11.5 Å². The first kappa shape index (κ1) is 22.1. The summed E-state index contributed by atoms with van der Waals surface area (Å²) in [6.45, 7) is 4.43. The van der Waals surface area contributed by atoms with Crippen molar-refractivity contribution in [3.05, 3.63) is 53.6 Å². The molecule has 0 bridgehead atoms. The second-order valence-corrected chi connectivity index (χ2v) is 8.44. The Bertz CT molecular complexity index is 846. The Labute approximate surface area is 168 Å². The minimum atomic E-state index is -3.58. The van der Waals surface area contributed by atoms with Gasteiger partial charge in [-0.2, -0.15) is 8.42 Å². The molecule has 0 unspecified atom stereocenters. The average Bonchev–Trinajstić information content (AvgIpc) is 2.70. The van der Waals surface area contributed by atoms with Crippen LogP contribution >= 0.6 is 0 Å². The molecule has 5 nitrogen and oxygen atoms in total. The van der Waals surface area contributed by atoms with Crippen LogP contribution in [-0.2, 0) is 23.0 Å². The van der Waals surface area contributed by atoms with Gasteiger partial charge >= 0.3 is 10.1 Å². The Kier molecular flexibility index (Phi) is 8.64. The highest BCUT2D eigenvalue weighted by atomic mass is 32.2. The van der Waals surface area contributed by atoms with Crippen molar-refractivity contribution in [2.45, 2.75) is 46.0 Å². The Morgan fingerprint density at radius 1 is 0.893 bits per heavy atom. The van der Waals surface area contributed by atoms with Gasteiger partial charge in [-0.1, -0.05) is 37.6 Å². The van der Waals surface area contributed by atoms with Gasteiger partial charge in [-0.3, -0.25) is 0 Å². The summed E-state index contributed by atoms with van der Waals surface area (Å²) in [5.41, 5.74) is 2.28. The van der Waals surface area contributed by atoms with Crippen LogP contribution in [0.3, 0.4) is 0 Å². The van der Waals surface area contributed by atoms with E-state index in [4.69, 9.17) is 13.7 Å². The predicted octanol–water partition coefficient (Wildman–Crippen LogP) is 4.78. The van der Waals surface area contributed by atoms with Crippen LogP contribution in [0.1, 0.15) is 44.2 Å². The summed E-state index contributed by atoms with van der Waals surface area (Å²) in [7, 11) is -2.07. The quantitative estimate of drug-likeness (QED) is 0.375. The van der Waals surface area contributed by atoms with Crippen LogP contribution in [0.15, 0.2) is 42.5 Å². The smallest absolute Gasteiger partial charge is 0.309 e. The van der Waals surface area contributed by atoms with E-state index in [1.165, 1.54) is 12.7 Å². The lowest BCUT2D eigenvalue weighted by Gasteiger charge is -2.13. The van der Waals surface area contributed by atoms with E-state index in [1.807, 2.05) is 30.3 Å². The Hall–Kier alpha value is -2.21. The number of unbranched alkanes of at least 4 members (excludes halogenated alkanes) is 1. The van der Waals surface area contributed by atoms with Gasteiger partial charge in [0.05, 0.1) is 19.5 Å². The zero-order valence-electron chi connectivity index (χ0n) is 16.9. The van der Waals surface area contributed by atoms with Gasteiger partial charge in [0.2, 0.25) is 0 Å². The van der Waals surface area contributed by atoms with Crippen molar-refractivity contribution in [3.8, 4) is 17.2 Å². The minimum absolute atomic E-state index is 0.0857. The van der Waals surface area contributed by atoms with Crippen molar-refractivity contribution in [3.63, 3.8) is 0 Å². The van der Waals surface area contributed by atoms with E-state index in [0.29, 0.717) is 5.75 Å². The summed E-state index contributed by atoms with van der Waals surface area (Å²) in [5.74, 6) is 1.53. The molecule has 0 saturated carbocycles. The second-order valence-electron chi connectivity index (χ2n) is 6.58. The third-order valence-electron chi connectivity index (χ3n) is 4.44. The maximum absolute atomic E-state index is 11.7. The second kappa shape index (κ2) is 11.0. The van der Waals surface area contributed by atoms with E-state index < -0.39 is 10.1 Å².